The Hall–Kier alpha value is -2.81. The van der Waals surface area contributed by atoms with Crippen LogP contribution < -0.4 is 5.32 Å². The highest BCUT2D eigenvalue weighted by atomic mass is 16.5. The molecule has 2 aromatic rings. The van der Waals surface area contributed by atoms with Gasteiger partial charge in [-0.25, -0.2) is 15.0 Å². The maximum Gasteiger partial charge on any atom is 0.291 e. The lowest BCUT2D eigenvalue weighted by molar-refractivity contribution is -0.119. The Balaban J connectivity index is 1.71. The second-order valence-electron chi connectivity index (χ2n) is 5.69. The molecule has 3 rings (SSSR count). The van der Waals surface area contributed by atoms with Crippen molar-refractivity contribution < 1.29 is 18.7 Å². The number of aromatic nitrogens is 3. The molecule has 0 bridgehead atoms. The molecule has 0 unspecified atom stereocenters. The van der Waals surface area contributed by atoms with Gasteiger partial charge in [0.25, 0.3) is 5.91 Å². The molecular weight excluding hydrogens is 326 g/mol. The third-order valence-electron chi connectivity index (χ3n) is 3.83. The van der Waals surface area contributed by atoms with E-state index in [1.807, 2.05) is 0 Å². The number of carbonyl (C=O) groups is 2. The molecule has 25 heavy (non-hydrogen) atoms. The van der Waals surface area contributed by atoms with Crippen LogP contribution in [-0.4, -0.2) is 51.4 Å². The van der Waals surface area contributed by atoms with Crippen molar-refractivity contribution >= 4 is 11.8 Å². The topological polar surface area (TPSA) is 110 Å². The summed E-state index contributed by atoms with van der Waals surface area (Å²) in [5.41, 5.74) is 1.24. The number of hydrogen-bond donors (Lipinski definition) is 1. The summed E-state index contributed by atoms with van der Waals surface area (Å²) in [6, 6.07) is 1.73. The molecule has 3 heterocycles. The molecule has 1 aliphatic heterocycles. The molecule has 1 atom stereocenters. The summed E-state index contributed by atoms with van der Waals surface area (Å²) >= 11 is 0. The van der Waals surface area contributed by atoms with E-state index in [-0.39, 0.29) is 17.6 Å². The SMILES string of the molecule is CC(=O)NCc1ccnc([C@@H]2CN(C(=O)c3ocnc3C)CCO2)n1. The fourth-order valence-corrected chi connectivity index (χ4v) is 2.52. The first kappa shape index (κ1) is 17.0. The number of amides is 2. The predicted molar refractivity (Wildman–Crippen MR) is 85.4 cm³/mol. The summed E-state index contributed by atoms with van der Waals surface area (Å²) in [4.78, 5) is 37.8. The van der Waals surface area contributed by atoms with E-state index >= 15 is 0 Å². The Morgan fingerprint density at radius 3 is 2.96 bits per heavy atom. The van der Waals surface area contributed by atoms with Gasteiger partial charge in [-0.15, -0.1) is 0 Å². The van der Waals surface area contributed by atoms with E-state index in [0.29, 0.717) is 43.5 Å². The fourth-order valence-electron chi connectivity index (χ4n) is 2.52. The van der Waals surface area contributed by atoms with E-state index in [4.69, 9.17) is 9.15 Å². The number of oxazole rings is 1. The van der Waals surface area contributed by atoms with Gasteiger partial charge >= 0.3 is 0 Å². The van der Waals surface area contributed by atoms with E-state index in [2.05, 4.69) is 20.3 Å². The van der Waals surface area contributed by atoms with Crippen LogP contribution in [0.2, 0.25) is 0 Å². The minimum atomic E-state index is -0.432. The van der Waals surface area contributed by atoms with Crippen molar-refractivity contribution in [2.24, 2.45) is 0 Å². The molecule has 1 saturated heterocycles. The van der Waals surface area contributed by atoms with Crippen LogP contribution in [0.1, 0.15) is 40.8 Å². The average molecular weight is 345 g/mol. The Morgan fingerprint density at radius 1 is 1.40 bits per heavy atom. The van der Waals surface area contributed by atoms with Crippen LogP contribution >= 0.6 is 0 Å². The zero-order chi connectivity index (χ0) is 17.8. The van der Waals surface area contributed by atoms with Gasteiger partial charge < -0.3 is 19.4 Å². The lowest BCUT2D eigenvalue weighted by Gasteiger charge is -2.31. The number of morpholine rings is 1. The summed E-state index contributed by atoms with van der Waals surface area (Å²) in [5.74, 6) is 0.363. The molecular formula is C16H19N5O4. The van der Waals surface area contributed by atoms with Crippen molar-refractivity contribution in [3.05, 3.63) is 41.6 Å². The number of nitrogens with one attached hydrogen (secondary N) is 1. The van der Waals surface area contributed by atoms with Crippen LogP contribution in [0.4, 0.5) is 0 Å². The maximum absolute atomic E-state index is 12.6. The first-order valence-electron chi connectivity index (χ1n) is 7.92. The average Bonchev–Trinajstić information content (AvgIpc) is 3.05. The van der Waals surface area contributed by atoms with Gasteiger partial charge in [-0.1, -0.05) is 0 Å². The number of ether oxygens (including phenoxy) is 1. The summed E-state index contributed by atoms with van der Waals surface area (Å²) in [6.07, 6.45) is 2.44. The second kappa shape index (κ2) is 7.39. The minimum Gasteiger partial charge on any atom is -0.438 e. The van der Waals surface area contributed by atoms with Crippen molar-refractivity contribution in [3.63, 3.8) is 0 Å². The highest BCUT2D eigenvalue weighted by molar-refractivity contribution is 5.92. The molecule has 1 aliphatic rings. The lowest BCUT2D eigenvalue weighted by atomic mass is 10.2. The van der Waals surface area contributed by atoms with Crippen molar-refractivity contribution in [1.29, 1.82) is 0 Å². The van der Waals surface area contributed by atoms with Crippen molar-refractivity contribution in [3.8, 4) is 0 Å². The molecule has 0 aliphatic carbocycles. The summed E-state index contributed by atoms with van der Waals surface area (Å²) in [7, 11) is 0. The van der Waals surface area contributed by atoms with E-state index in [1.165, 1.54) is 13.3 Å². The van der Waals surface area contributed by atoms with Crippen molar-refractivity contribution in [1.82, 2.24) is 25.2 Å². The van der Waals surface area contributed by atoms with E-state index in [9.17, 15) is 9.59 Å². The molecule has 2 aromatic heterocycles. The minimum absolute atomic E-state index is 0.131. The monoisotopic (exact) mass is 345 g/mol. The molecule has 2 amide bonds. The van der Waals surface area contributed by atoms with Gasteiger partial charge in [0.2, 0.25) is 11.7 Å². The Kier molecular flexibility index (Phi) is 5.03. The van der Waals surface area contributed by atoms with Gasteiger partial charge in [0.1, 0.15) is 6.10 Å². The predicted octanol–water partition coefficient (Wildman–Crippen LogP) is 0.623. The highest BCUT2D eigenvalue weighted by Gasteiger charge is 2.30. The molecule has 0 aromatic carbocycles. The Bertz CT molecular complexity index is 775. The maximum atomic E-state index is 12.6. The quantitative estimate of drug-likeness (QED) is 0.865. The van der Waals surface area contributed by atoms with Gasteiger partial charge in [-0.05, 0) is 13.0 Å². The first-order valence-corrected chi connectivity index (χ1v) is 7.92. The Labute approximate surface area is 144 Å². The molecule has 0 radical (unpaired) electrons. The van der Waals surface area contributed by atoms with Gasteiger partial charge in [0, 0.05) is 19.7 Å². The van der Waals surface area contributed by atoms with Crippen LogP contribution in [0.25, 0.3) is 0 Å². The molecule has 9 heteroatoms. The molecule has 1 fully saturated rings. The van der Waals surface area contributed by atoms with Gasteiger partial charge in [0.05, 0.1) is 31.1 Å². The van der Waals surface area contributed by atoms with E-state index < -0.39 is 6.10 Å². The van der Waals surface area contributed by atoms with E-state index in [1.54, 1.807) is 24.1 Å². The second-order valence-corrected chi connectivity index (χ2v) is 5.69. The molecule has 9 nitrogen and oxygen atoms in total. The summed E-state index contributed by atoms with van der Waals surface area (Å²) in [6.45, 7) is 4.65. The van der Waals surface area contributed by atoms with E-state index in [0.717, 1.165) is 0 Å². The fraction of sp³-hybridized carbons (Fsp3) is 0.438. The molecule has 132 valence electrons. The van der Waals surface area contributed by atoms with Gasteiger partial charge in [0.15, 0.2) is 12.2 Å². The smallest absolute Gasteiger partial charge is 0.291 e. The molecule has 0 spiro atoms. The zero-order valence-corrected chi connectivity index (χ0v) is 14.1. The molecule has 1 N–H and O–H groups in total. The number of nitrogens with zero attached hydrogens (tertiary/aromatic N) is 4. The van der Waals surface area contributed by atoms with Gasteiger partial charge in [-0.3, -0.25) is 9.59 Å². The van der Waals surface area contributed by atoms with Crippen LogP contribution in [0, 0.1) is 6.92 Å². The zero-order valence-electron chi connectivity index (χ0n) is 14.1. The lowest BCUT2D eigenvalue weighted by Crippen LogP contribution is -2.42. The van der Waals surface area contributed by atoms with Crippen LogP contribution in [0.5, 0.6) is 0 Å². The summed E-state index contributed by atoms with van der Waals surface area (Å²) < 4.78 is 10.9. The normalized spacial score (nSPS) is 17.4. The number of carbonyl (C=O) groups excluding carboxylic acids is 2. The number of rotatable bonds is 4. The Morgan fingerprint density at radius 2 is 2.24 bits per heavy atom. The van der Waals surface area contributed by atoms with Gasteiger partial charge in [-0.2, -0.15) is 0 Å². The van der Waals surface area contributed by atoms with Crippen molar-refractivity contribution in [2.45, 2.75) is 26.5 Å². The largest absolute Gasteiger partial charge is 0.438 e. The van der Waals surface area contributed by atoms with Crippen LogP contribution in [-0.2, 0) is 16.1 Å². The number of hydrogen-bond acceptors (Lipinski definition) is 7. The standard InChI is InChI=1S/C16H19N5O4/c1-10-14(25-9-19-10)16(23)21-5-6-24-13(8-21)15-17-4-3-12(20-15)7-18-11(2)22/h3-4,9,13H,5-8H2,1-2H3,(H,18,22)/t13-/m0/s1. The highest BCUT2D eigenvalue weighted by Crippen LogP contribution is 2.21. The number of aryl methyl sites for hydroxylation is 1. The van der Waals surface area contributed by atoms with Crippen molar-refractivity contribution in [2.75, 3.05) is 19.7 Å². The first-order chi connectivity index (χ1) is 12.0. The third kappa shape index (κ3) is 4.00. The summed E-state index contributed by atoms with van der Waals surface area (Å²) in [5, 5.41) is 2.69. The third-order valence-corrected chi connectivity index (χ3v) is 3.83. The van der Waals surface area contributed by atoms with Crippen LogP contribution in [0.3, 0.4) is 0 Å². The molecule has 0 saturated carbocycles. The van der Waals surface area contributed by atoms with Crippen LogP contribution in [0.15, 0.2) is 23.1 Å².